The van der Waals surface area contributed by atoms with Gasteiger partial charge in [0, 0.05) is 12.8 Å². The molecule has 0 saturated carbocycles. The van der Waals surface area contributed by atoms with Crippen molar-refractivity contribution >= 4 is 11.9 Å². The molecule has 0 bridgehead atoms. The second-order valence-corrected chi connectivity index (χ2v) is 14.7. The summed E-state index contributed by atoms with van der Waals surface area (Å²) in [5.74, 6) is -0.145. The van der Waals surface area contributed by atoms with E-state index in [1.54, 1.807) is 6.08 Å². The lowest BCUT2D eigenvalue weighted by Gasteiger charge is -2.20. The first kappa shape index (κ1) is 48.3. The van der Waals surface area contributed by atoms with Gasteiger partial charge >= 0.3 is 5.97 Å². The van der Waals surface area contributed by atoms with Crippen molar-refractivity contribution in [2.24, 2.45) is 0 Å². The third kappa shape index (κ3) is 36.1. The first-order valence-corrected chi connectivity index (χ1v) is 21.6. The van der Waals surface area contributed by atoms with E-state index < -0.39 is 12.1 Å². The zero-order valence-corrected chi connectivity index (χ0v) is 33.1. The maximum atomic E-state index is 12.3. The number of carbonyl (C=O) groups excluding carboxylic acids is 2. The number of aliphatic hydroxyl groups excluding tert-OH is 2. The van der Waals surface area contributed by atoms with Gasteiger partial charge in [0.25, 0.3) is 0 Å². The first-order valence-electron chi connectivity index (χ1n) is 21.6. The Balaban J connectivity index is 3.57. The fourth-order valence-corrected chi connectivity index (χ4v) is 6.33. The molecule has 0 spiro atoms. The van der Waals surface area contributed by atoms with E-state index in [4.69, 9.17) is 4.74 Å². The number of ether oxygens (including phenoxy) is 1. The first-order chi connectivity index (χ1) is 24.5. The molecule has 0 radical (unpaired) electrons. The SMILES string of the molecule is CCCCCCCCCC/C=C/C(O)C(CO)NC(=O)CCCCCC/C=C\CCCCOC(=O)CCCCCCCCCCCCCCC. The summed E-state index contributed by atoms with van der Waals surface area (Å²) < 4.78 is 5.41. The lowest BCUT2D eigenvalue weighted by molar-refractivity contribution is -0.143. The van der Waals surface area contributed by atoms with Gasteiger partial charge in [-0.25, -0.2) is 0 Å². The fourth-order valence-electron chi connectivity index (χ4n) is 6.33. The van der Waals surface area contributed by atoms with E-state index in [1.165, 1.54) is 116 Å². The third-order valence-corrected chi connectivity index (χ3v) is 9.72. The molecule has 6 nitrogen and oxygen atoms in total. The van der Waals surface area contributed by atoms with Crippen molar-refractivity contribution in [2.45, 2.75) is 231 Å². The topological polar surface area (TPSA) is 95.9 Å². The number of amides is 1. The lowest BCUT2D eigenvalue weighted by atomic mass is 10.0. The van der Waals surface area contributed by atoms with Gasteiger partial charge in [-0.15, -0.1) is 0 Å². The summed E-state index contributed by atoms with van der Waals surface area (Å²) in [5.41, 5.74) is 0. The molecule has 0 fully saturated rings. The van der Waals surface area contributed by atoms with Gasteiger partial charge in [0.2, 0.25) is 5.91 Å². The molecule has 0 rings (SSSR count). The van der Waals surface area contributed by atoms with Crippen LogP contribution in [0.15, 0.2) is 24.3 Å². The summed E-state index contributed by atoms with van der Waals surface area (Å²) in [4.78, 5) is 24.3. The number of aliphatic hydroxyl groups is 2. The van der Waals surface area contributed by atoms with Crippen LogP contribution < -0.4 is 5.32 Å². The number of nitrogens with one attached hydrogen (secondary N) is 1. The Morgan fingerprint density at radius 2 is 0.940 bits per heavy atom. The molecule has 2 atom stereocenters. The van der Waals surface area contributed by atoms with Gasteiger partial charge in [-0.2, -0.15) is 0 Å². The lowest BCUT2D eigenvalue weighted by Crippen LogP contribution is -2.45. The second-order valence-electron chi connectivity index (χ2n) is 14.7. The van der Waals surface area contributed by atoms with Crippen LogP contribution in [0.1, 0.15) is 219 Å². The Morgan fingerprint density at radius 3 is 1.42 bits per heavy atom. The van der Waals surface area contributed by atoms with Crippen LogP contribution in [0.3, 0.4) is 0 Å². The number of hydrogen-bond donors (Lipinski definition) is 3. The van der Waals surface area contributed by atoms with E-state index >= 15 is 0 Å². The highest BCUT2D eigenvalue weighted by Crippen LogP contribution is 2.14. The summed E-state index contributed by atoms with van der Waals surface area (Å²) >= 11 is 0. The Labute approximate surface area is 310 Å². The third-order valence-electron chi connectivity index (χ3n) is 9.72. The minimum absolute atomic E-state index is 0.0383. The van der Waals surface area contributed by atoms with E-state index in [1.807, 2.05) is 6.08 Å². The van der Waals surface area contributed by atoms with Crippen LogP contribution in [0.2, 0.25) is 0 Å². The summed E-state index contributed by atoms with van der Waals surface area (Å²) in [5, 5.41) is 22.8. The summed E-state index contributed by atoms with van der Waals surface area (Å²) in [6.45, 7) is 4.77. The molecule has 6 heteroatoms. The molecular formula is C44H83NO5. The van der Waals surface area contributed by atoms with Crippen molar-refractivity contribution < 1.29 is 24.5 Å². The summed E-state index contributed by atoms with van der Waals surface area (Å²) in [7, 11) is 0. The highest BCUT2D eigenvalue weighted by molar-refractivity contribution is 5.76. The second kappa shape index (κ2) is 40.1. The number of esters is 1. The van der Waals surface area contributed by atoms with Crippen LogP contribution in [-0.4, -0.2) is 47.4 Å². The molecule has 0 aromatic rings. The fraction of sp³-hybridized carbons (Fsp3) is 0.864. The van der Waals surface area contributed by atoms with Crippen molar-refractivity contribution in [1.29, 1.82) is 0 Å². The average molecular weight is 706 g/mol. The minimum Gasteiger partial charge on any atom is -0.466 e. The van der Waals surface area contributed by atoms with Crippen LogP contribution >= 0.6 is 0 Å². The molecule has 0 aliphatic heterocycles. The maximum absolute atomic E-state index is 12.3. The van der Waals surface area contributed by atoms with Crippen LogP contribution in [-0.2, 0) is 14.3 Å². The van der Waals surface area contributed by atoms with Gasteiger partial charge in [0.15, 0.2) is 0 Å². The predicted octanol–water partition coefficient (Wildman–Crippen LogP) is 12.0. The molecule has 50 heavy (non-hydrogen) atoms. The Morgan fingerprint density at radius 1 is 0.540 bits per heavy atom. The highest BCUT2D eigenvalue weighted by atomic mass is 16.5. The van der Waals surface area contributed by atoms with E-state index in [-0.39, 0.29) is 18.5 Å². The summed E-state index contributed by atoms with van der Waals surface area (Å²) in [6.07, 6.45) is 44.5. The molecule has 0 aromatic heterocycles. The average Bonchev–Trinajstić information content (AvgIpc) is 3.11. The van der Waals surface area contributed by atoms with Gasteiger partial charge in [0.1, 0.15) is 0 Å². The molecule has 0 aromatic carbocycles. The largest absolute Gasteiger partial charge is 0.466 e. The quantitative estimate of drug-likeness (QED) is 0.0336. The van der Waals surface area contributed by atoms with E-state index in [0.717, 1.165) is 77.0 Å². The zero-order valence-electron chi connectivity index (χ0n) is 33.1. The van der Waals surface area contributed by atoms with Crippen molar-refractivity contribution in [3.05, 3.63) is 24.3 Å². The number of rotatable bonds is 39. The van der Waals surface area contributed by atoms with Crippen LogP contribution in [0, 0.1) is 0 Å². The van der Waals surface area contributed by atoms with Crippen molar-refractivity contribution in [3.8, 4) is 0 Å². The van der Waals surface area contributed by atoms with Crippen molar-refractivity contribution in [2.75, 3.05) is 13.2 Å². The van der Waals surface area contributed by atoms with Crippen LogP contribution in [0.4, 0.5) is 0 Å². The van der Waals surface area contributed by atoms with Gasteiger partial charge < -0.3 is 20.3 Å². The van der Waals surface area contributed by atoms with Gasteiger partial charge in [-0.1, -0.05) is 173 Å². The Bertz CT molecular complexity index is 782. The normalized spacial score (nSPS) is 13.0. The van der Waals surface area contributed by atoms with Gasteiger partial charge in [0.05, 0.1) is 25.4 Å². The van der Waals surface area contributed by atoms with E-state index in [9.17, 15) is 19.8 Å². The molecular weight excluding hydrogens is 622 g/mol. The van der Waals surface area contributed by atoms with Crippen LogP contribution in [0.5, 0.6) is 0 Å². The zero-order chi connectivity index (χ0) is 36.6. The monoisotopic (exact) mass is 706 g/mol. The molecule has 0 saturated heterocycles. The number of hydrogen-bond acceptors (Lipinski definition) is 5. The molecule has 0 aliphatic rings. The predicted molar refractivity (Wildman–Crippen MR) is 213 cm³/mol. The van der Waals surface area contributed by atoms with Gasteiger partial charge in [-0.05, 0) is 57.8 Å². The Hall–Kier alpha value is -1.66. The molecule has 0 heterocycles. The van der Waals surface area contributed by atoms with Crippen molar-refractivity contribution in [3.63, 3.8) is 0 Å². The van der Waals surface area contributed by atoms with Crippen LogP contribution in [0.25, 0.3) is 0 Å². The molecule has 3 N–H and O–H groups in total. The molecule has 294 valence electrons. The molecule has 1 amide bonds. The smallest absolute Gasteiger partial charge is 0.305 e. The Kier molecular flexibility index (Phi) is 38.8. The van der Waals surface area contributed by atoms with E-state index in [0.29, 0.717) is 19.4 Å². The molecule has 2 unspecified atom stereocenters. The van der Waals surface area contributed by atoms with Gasteiger partial charge in [-0.3, -0.25) is 9.59 Å². The summed E-state index contributed by atoms with van der Waals surface area (Å²) in [6, 6.07) is -0.650. The maximum Gasteiger partial charge on any atom is 0.305 e. The van der Waals surface area contributed by atoms with E-state index in [2.05, 4.69) is 31.3 Å². The number of allylic oxidation sites excluding steroid dienone is 3. The molecule has 0 aliphatic carbocycles. The number of unbranched alkanes of at least 4 members (excludes halogenated alkanes) is 26. The standard InChI is InChI=1S/C44H83NO5/c1-3-5-7-9-11-13-15-16-17-22-26-30-34-38-44(49)50-39-35-31-27-23-19-18-21-25-29-33-37-43(48)45-41(40-46)42(47)36-32-28-24-20-14-12-10-8-6-4-2/h19,23,32,36,41-42,46-47H,3-18,20-22,24-31,33-35,37-40H2,1-2H3,(H,45,48)/b23-19-,36-32+. The minimum atomic E-state index is -0.862. The van der Waals surface area contributed by atoms with Crippen molar-refractivity contribution in [1.82, 2.24) is 5.32 Å². The number of carbonyl (C=O) groups is 2. The highest BCUT2D eigenvalue weighted by Gasteiger charge is 2.17.